The normalized spacial score (nSPS) is 15.8. The lowest BCUT2D eigenvalue weighted by Gasteiger charge is -2.29. The van der Waals surface area contributed by atoms with Crippen molar-refractivity contribution in [2.75, 3.05) is 20.2 Å². The third-order valence-electron chi connectivity index (χ3n) is 4.34. The van der Waals surface area contributed by atoms with Crippen molar-refractivity contribution in [2.45, 2.75) is 12.6 Å². The highest BCUT2D eigenvalue weighted by Gasteiger charge is 2.24. The maximum Gasteiger partial charge on any atom is 0.420 e. The highest BCUT2D eigenvalue weighted by molar-refractivity contribution is 5.79. The molecule has 0 saturated heterocycles. The molecule has 0 aliphatic carbocycles. The van der Waals surface area contributed by atoms with E-state index in [0.29, 0.717) is 35.8 Å². The Hall–Kier alpha value is -3.22. The molecule has 0 saturated carbocycles. The molecule has 2 heterocycles. The van der Waals surface area contributed by atoms with Crippen molar-refractivity contribution in [1.82, 2.24) is 9.47 Å². The molecule has 7 nitrogen and oxygen atoms in total. The van der Waals surface area contributed by atoms with E-state index in [0.717, 1.165) is 0 Å². The molecular formula is C19H18N2O5. The van der Waals surface area contributed by atoms with Crippen molar-refractivity contribution in [1.29, 1.82) is 0 Å². The summed E-state index contributed by atoms with van der Waals surface area (Å²) >= 11 is 0. The third kappa shape index (κ3) is 3.03. The van der Waals surface area contributed by atoms with E-state index in [-0.39, 0.29) is 18.6 Å². The number of aromatic nitrogens is 1. The van der Waals surface area contributed by atoms with Gasteiger partial charge in [0.2, 0.25) is 5.91 Å². The van der Waals surface area contributed by atoms with E-state index >= 15 is 0 Å². The monoisotopic (exact) mass is 354 g/mol. The van der Waals surface area contributed by atoms with Crippen LogP contribution in [0.3, 0.4) is 0 Å². The van der Waals surface area contributed by atoms with Gasteiger partial charge in [-0.05, 0) is 24.3 Å². The van der Waals surface area contributed by atoms with E-state index in [9.17, 15) is 9.59 Å². The van der Waals surface area contributed by atoms with Gasteiger partial charge in [-0.3, -0.25) is 9.36 Å². The van der Waals surface area contributed by atoms with Gasteiger partial charge in [-0.1, -0.05) is 24.3 Å². The van der Waals surface area contributed by atoms with Gasteiger partial charge < -0.3 is 18.8 Å². The largest absolute Gasteiger partial charge is 0.486 e. The smallest absolute Gasteiger partial charge is 0.420 e. The molecule has 3 aromatic rings. The first-order valence-corrected chi connectivity index (χ1v) is 8.32. The molecule has 1 aliphatic heterocycles. The molecule has 1 atom stereocenters. The van der Waals surface area contributed by atoms with Gasteiger partial charge in [0.25, 0.3) is 0 Å². The van der Waals surface area contributed by atoms with Crippen LogP contribution in [-0.2, 0) is 11.3 Å². The van der Waals surface area contributed by atoms with Crippen LogP contribution < -0.4 is 15.2 Å². The Bertz CT molecular complexity index is 1010. The minimum atomic E-state index is -0.542. The SMILES string of the molecule is CN(C[C@@H]1COc2ccccc2O1)C(=O)Cn1c(=O)oc2ccccc21. The zero-order chi connectivity index (χ0) is 18.1. The first kappa shape index (κ1) is 16.3. The molecule has 0 fully saturated rings. The van der Waals surface area contributed by atoms with Crippen molar-refractivity contribution in [3.63, 3.8) is 0 Å². The Labute approximate surface area is 149 Å². The number of rotatable bonds is 4. The zero-order valence-electron chi connectivity index (χ0n) is 14.3. The maximum absolute atomic E-state index is 12.6. The topological polar surface area (TPSA) is 73.9 Å². The van der Waals surface area contributed by atoms with Crippen LogP contribution >= 0.6 is 0 Å². The summed E-state index contributed by atoms with van der Waals surface area (Å²) in [5.41, 5.74) is 1.07. The van der Waals surface area contributed by atoms with E-state index in [1.54, 1.807) is 31.3 Å². The van der Waals surface area contributed by atoms with Crippen LogP contribution in [0.4, 0.5) is 0 Å². The second-order valence-electron chi connectivity index (χ2n) is 6.19. The standard InChI is InChI=1S/C19H18N2O5/c1-20(10-13-12-24-16-8-4-5-9-17(16)25-13)18(22)11-21-14-6-2-3-7-15(14)26-19(21)23/h2-9,13H,10-12H2,1H3/t13-/m1/s1. The molecule has 0 spiro atoms. The lowest BCUT2D eigenvalue weighted by Crippen LogP contribution is -2.43. The van der Waals surface area contributed by atoms with Gasteiger partial charge in [-0.25, -0.2) is 4.79 Å². The lowest BCUT2D eigenvalue weighted by molar-refractivity contribution is -0.132. The van der Waals surface area contributed by atoms with E-state index < -0.39 is 5.76 Å². The number of para-hydroxylation sites is 4. The van der Waals surface area contributed by atoms with Crippen molar-refractivity contribution >= 4 is 17.0 Å². The summed E-state index contributed by atoms with van der Waals surface area (Å²) < 4.78 is 18.0. The minimum absolute atomic E-state index is 0.0868. The van der Waals surface area contributed by atoms with E-state index in [2.05, 4.69) is 0 Å². The Morgan fingerprint density at radius 3 is 2.73 bits per heavy atom. The highest BCUT2D eigenvalue weighted by Crippen LogP contribution is 2.30. The first-order chi connectivity index (χ1) is 12.6. The summed E-state index contributed by atoms with van der Waals surface area (Å²) in [6.45, 7) is 0.636. The number of ether oxygens (including phenoxy) is 2. The second kappa shape index (κ2) is 6.59. The van der Waals surface area contributed by atoms with E-state index in [1.165, 1.54) is 9.47 Å². The van der Waals surface area contributed by atoms with Gasteiger partial charge in [0.1, 0.15) is 13.2 Å². The molecule has 7 heteroatoms. The van der Waals surface area contributed by atoms with Crippen molar-refractivity contribution in [2.24, 2.45) is 0 Å². The summed E-state index contributed by atoms with van der Waals surface area (Å²) in [6.07, 6.45) is -0.267. The van der Waals surface area contributed by atoms with Gasteiger partial charge in [-0.15, -0.1) is 0 Å². The number of likely N-dealkylation sites (N-methyl/N-ethyl adjacent to an activating group) is 1. The molecular weight excluding hydrogens is 336 g/mol. The van der Waals surface area contributed by atoms with Gasteiger partial charge in [0.15, 0.2) is 23.2 Å². The number of oxazole rings is 1. The van der Waals surface area contributed by atoms with Crippen LogP contribution in [0.1, 0.15) is 0 Å². The number of hydrogen-bond donors (Lipinski definition) is 0. The van der Waals surface area contributed by atoms with Gasteiger partial charge in [0, 0.05) is 7.05 Å². The van der Waals surface area contributed by atoms with E-state index in [1.807, 2.05) is 24.3 Å². The average Bonchev–Trinajstić information content (AvgIpc) is 2.97. The molecule has 1 amide bonds. The predicted molar refractivity (Wildman–Crippen MR) is 94.5 cm³/mol. The van der Waals surface area contributed by atoms with Crippen LogP contribution in [0.15, 0.2) is 57.7 Å². The Morgan fingerprint density at radius 2 is 1.88 bits per heavy atom. The maximum atomic E-state index is 12.6. The molecule has 0 bridgehead atoms. The molecule has 1 aromatic heterocycles. The minimum Gasteiger partial charge on any atom is -0.486 e. The molecule has 0 N–H and O–H groups in total. The fourth-order valence-electron chi connectivity index (χ4n) is 2.98. The van der Waals surface area contributed by atoms with Crippen LogP contribution in [0, 0.1) is 0 Å². The van der Waals surface area contributed by atoms with Gasteiger partial charge in [0.05, 0.1) is 12.1 Å². The second-order valence-corrected chi connectivity index (χ2v) is 6.19. The lowest BCUT2D eigenvalue weighted by atomic mass is 10.2. The molecule has 134 valence electrons. The number of carbonyl (C=O) groups is 1. The van der Waals surface area contributed by atoms with Crippen LogP contribution in [0.25, 0.3) is 11.1 Å². The zero-order valence-corrected chi connectivity index (χ0v) is 14.3. The molecule has 26 heavy (non-hydrogen) atoms. The third-order valence-corrected chi connectivity index (χ3v) is 4.34. The predicted octanol–water partition coefficient (Wildman–Crippen LogP) is 1.89. The molecule has 4 rings (SSSR count). The van der Waals surface area contributed by atoms with Crippen molar-refractivity contribution < 1.29 is 18.7 Å². The average molecular weight is 354 g/mol. The fraction of sp³-hybridized carbons (Fsp3) is 0.263. The van der Waals surface area contributed by atoms with Crippen LogP contribution in [0.2, 0.25) is 0 Å². The van der Waals surface area contributed by atoms with E-state index in [4.69, 9.17) is 13.9 Å². The van der Waals surface area contributed by atoms with Gasteiger partial charge in [-0.2, -0.15) is 0 Å². The van der Waals surface area contributed by atoms with Crippen molar-refractivity contribution in [3.8, 4) is 11.5 Å². The number of nitrogens with zero attached hydrogens (tertiary/aromatic N) is 2. The summed E-state index contributed by atoms with van der Waals surface area (Å²) in [4.78, 5) is 26.1. The number of hydrogen-bond acceptors (Lipinski definition) is 5. The number of benzene rings is 2. The summed E-state index contributed by atoms with van der Waals surface area (Å²) in [7, 11) is 1.68. The summed E-state index contributed by atoms with van der Waals surface area (Å²) in [5, 5.41) is 0. The fourth-order valence-corrected chi connectivity index (χ4v) is 2.98. The summed E-state index contributed by atoms with van der Waals surface area (Å²) in [6, 6.07) is 14.5. The molecule has 1 aliphatic rings. The van der Waals surface area contributed by atoms with Crippen molar-refractivity contribution in [3.05, 3.63) is 59.1 Å². The van der Waals surface area contributed by atoms with Crippen LogP contribution in [-0.4, -0.2) is 41.7 Å². The molecule has 0 radical (unpaired) electrons. The number of fused-ring (bicyclic) bond motifs is 2. The summed E-state index contributed by atoms with van der Waals surface area (Å²) in [5.74, 6) is 0.621. The first-order valence-electron chi connectivity index (χ1n) is 8.32. The Balaban J connectivity index is 1.44. The molecule has 2 aromatic carbocycles. The highest BCUT2D eigenvalue weighted by atomic mass is 16.6. The number of carbonyl (C=O) groups excluding carboxylic acids is 1. The van der Waals surface area contributed by atoms with Gasteiger partial charge >= 0.3 is 5.76 Å². The Kier molecular flexibility index (Phi) is 4.12. The Morgan fingerprint density at radius 1 is 1.15 bits per heavy atom. The molecule has 0 unspecified atom stereocenters. The quantitative estimate of drug-likeness (QED) is 0.715. The van der Waals surface area contributed by atoms with Crippen LogP contribution in [0.5, 0.6) is 11.5 Å². The number of amides is 1.